The van der Waals surface area contributed by atoms with E-state index in [4.69, 9.17) is 5.73 Å². The number of ketones is 2. The van der Waals surface area contributed by atoms with E-state index in [1.165, 1.54) is 4.90 Å². The average molecular weight is 585 g/mol. The van der Waals surface area contributed by atoms with E-state index in [1.54, 1.807) is 14.1 Å². The average Bonchev–Trinajstić information content (AvgIpc) is 2.72. The number of amides is 1. The molecule has 5 unspecified atom stereocenters. The highest BCUT2D eigenvalue weighted by Gasteiger charge is 2.63. The summed E-state index contributed by atoms with van der Waals surface area (Å²) in [5, 5.41) is 44.5. The Hall–Kier alpha value is -2.22. The molecule has 184 valence electrons. The van der Waals surface area contributed by atoms with Crippen molar-refractivity contribution >= 4 is 40.1 Å². The summed E-state index contributed by atoms with van der Waals surface area (Å²) >= 11 is 2.03. The topological polar surface area (TPSA) is 165 Å². The first-order valence-corrected chi connectivity index (χ1v) is 12.1. The molecule has 0 spiro atoms. The van der Waals surface area contributed by atoms with Crippen molar-refractivity contribution in [2.24, 2.45) is 17.6 Å². The molecule has 10 nitrogen and oxygen atoms in total. The summed E-state index contributed by atoms with van der Waals surface area (Å²) in [6.45, 7) is 0. The molecule has 1 amide bonds. The standard InChI is InChI=1S/C23H28IN3O7/c1-26(2)12-7-11(24)17(28)14-9(12)5-8-6-10-16(27(3)4)19(30)15(22(25)33)21(32)23(10,34)20(31)13(8)18(14)29/h7-8,10-11,16-17,28,30-31,34H,5-6H2,1-4H3,(H2,25,33)/t8?,10?,11?,16-,17?,23?/m1/s1. The Morgan fingerprint density at radius 2 is 1.79 bits per heavy atom. The monoisotopic (exact) mass is 585 g/mol. The molecular weight excluding hydrogens is 557 g/mol. The van der Waals surface area contributed by atoms with Crippen LogP contribution in [-0.2, 0) is 14.4 Å². The Kier molecular flexibility index (Phi) is 5.99. The Balaban J connectivity index is 1.94. The fraction of sp³-hybridized carbons (Fsp3) is 0.522. The van der Waals surface area contributed by atoms with Gasteiger partial charge in [0.25, 0.3) is 5.91 Å². The van der Waals surface area contributed by atoms with Gasteiger partial charge in [0, 0.05) is 36.9 Å². The third-order valence-corrected chi connectivity index (χ3v) is 8.40. The summed E-state index contributed by atoms with van der Waals surface area (Å²) in [4.78, 5) is 42.3. The molecule has 0 heterocycles. The van der Waals surface area contributed by atoms with E-state index in [9.17, 15) is 34.8 Å². The largest absolute Gasteiger partial charge is 0.510 e. The lowest BCUT2D eigenvalue weighted by molar-refractivity contribution is -0.149. The van der Waals surface area contributed by atoms with Crippen molar-refractivity contribution in [3.8, 4) is 0 Å². The van der Waals surface area contributed by atoms with Crippen LogP contribution in [0, 0.1) is 11.8 Å². The van der Waals surface area contributed by atoms with E-state index in [0.717, 1.165) is 5.70 Å². The number of Topliss-reactive ketones (excluding diaryl/α,β-unsaturated/α-hetero) is 2. The molecule has 4 rings (SSSR count). The molecule has 34 heavy (non-hydrogen) atoms. The van der Waals surface area contributed by atoms with Crippen LogP contribution in [0.4, 0.5) is 0 Å². The molecule has 4 aliphatic carbocycles. The van der Waals surface area contributed by atoms with Gasteiger partial charge in [-0.05, 0) is 44.5 Å². The number of aliphatic hydroxyl groups excluding tert-OH is 3. The number of hydrogen-bond donors (Lipinski definition) is 5. The van der Waals surface area contributed by atoms with Crippen molar-refractivity contribution in [1.29, 1.82) is 0 Å². The first-order valence-electron chi connectivity index (χ1n) is 10.8. The van der Waals surface area contributed by atoms with Crippen molar-refractivity contribution in [1.82, 2.24) is 9.80 Å². The number of rotatable bonds is 3. The lowest BCUT2D eigenvalue weighted by Gasteiger charge is -2.50. The number of nitrogens with zero attached hydrogens (tertiary/aromatic N) is 2. The van der Waals surface area contributed by atoms with E-state index < -0.39 is 68.1 Å². The van der Waals surface area contributed by atoms with E-state index in [2.05, 4.69) is 0 Å². The Labute approximate surface area is 210 Å². The predicted molar refractivity (Wildman–Crippen MR) is 130 cm³/mol. The van der Waals surface area contributed by atoms with Gasteiger partial charge in [-0.1, -0.05) is 22.6 Å². The Bertz CT molecular complexity index is 1140. The molecule has 0 bridgehead atoms. The van der Waals surface area contributed by atoms with Gasteiger partial charge in [-0.25, -0.2) is 0 Å². The van der Waals surface area contributed by atoms with Gasteiger partial charge in [0.05, 0.1) is 16.1 Å². The van der Waals surface area contributed by atoms with Gasteiger partial charge < -0.3 is 31.1 Å². The number of carbonyl (C=O) groups excluding carboxylic acids is 3. The van der Waals surface area contributed by atoms with E-state index >= 15 is 0 Å². The zero-order valence-electron chi connectivity index (χ0n) is 19.2. The van der Waals surface area contributed by atoms with Gasteiger partial charge in [0.1, 0.15) is 17.1 Å². The van der Waals surface area contributed by atoms with Crippen LogP contribution in [0.1, 0.15) is 12.8 Å². The van der Waals surface area contributed by atoms with Crippen LogP contribution in [0.2, 0.25) is 0 Å². The molecule has 0 saturated carbocycles. The number of alkyl halides is 1. The smallest absolute Gasteiger partial charge is 0.255 e. The fourth-order valence-electron chi connectivity index (χ4n) is 5.88. The maximum absolute atomic E-state index is 13.7. The number of hydrogen-bond acceptors (Lipinski definition) is 9. The normalized spacial score (nSPS) is 35.8. The second-order valence-corrected chi connectivity index (χ2v) is 11.1. The molecule has 4 aliphatic rings. The van der Waals surface area contributed by atoms with Crippen LogP contribution in [0.25, 0.3) is 0 Å². The number of primary amides is 1. The summed E-state index contributed by atoms with van der Waals surface area (Å²) in [5.74, 6) is -6.13. The number of fused-ring (bicyclic) bond motifs is 2. The zero-order chi connectivity index (χ0) is 25.4. The van der Waals surface area contributed by atoms with Gasteiger partial charge in [-0.15, -0.1) is 0 Å². The highest BCUT2D eigenvalue weighted by atomic mass is 127. The van der Waals surface area contributed by atoms with Crippen LogP contribution in [0.15, 0.2) is 45.6 Å². The van der Waals surface area contributed by atoms with Gasteiger partial charge >= 0.3 is 0 Å². The highest BCUT2D eigenvalue weighted by Crippen LogP contribution is 2.53. The molecule has 0 aromatic carbocycles. The summed E-state index contributed by atoms with van der Waals surface area (Å²) in [5.41, 5.74) is 3.35. The molecule has 0 saturated heterocycles. The molecule has 6 N–H and O–H groups in total. The van der Waals surface area contributed by atoms with Crippen LogP contribution in [0.3, 0.4) is 0 Å². The number of allylic oxidation sites excluding steroid dienone is 2. The van der Waals surface area contributed by atoms with Gasteiger partial charge in [-0.3, -0.25) is 19.3 Å². The zero-order valence-corrected chi connectivity index (χ0v) is 21.4. The maximum Gasteiger partial charge on any atom is 0.255 e. The molecular formula is C23H28IN3O7. The van der Waals surface area contributed by atoms with Crippen LogP contribution < -0.4 is 5.73 Å². The van der Waals surface area contributed by atoms with E-state index in [-0.39, 0.29) is 17.6 Å². The SMILES string of the molecule is CN(C)C1=CC(I)C(O)C2=C1CC1CC3[C@@H](N(C)C)C(O)=C(C(N)=O)C(=O)C3(O)C(O)=C1C2=O. The minimum Gasteiger partial charge on any atom is -0.510 e. The van der Waals surface area contributed by atoms with E-state index in [1.807, 2.05) is 47.7 Å². The molecule has 11 heteroatoms. The molecule has 0 aromatic rings. The Morgan fingerprint density at radius 1 is 1.18 bits per heavy atom. The second kappa shape index (κ2) is 8.18. The second-order valence-electron chi connectivity index (χ2n) is 9.69. The van der Waals surface area contributed by atoms with Gasteiger partial charge in [0.15, 0.2) is 11.4 Å². The van der Waals surface area contributed by atoms with Crippen molar-refractivity contribution in [2.45, 2.75) is 34.5 Å². The lowest BCUT2D eigenvalue weighted by atomic mass is 9.58. The first-order chi connectivity index (χ1) is 15.7. The van der Waals surface area contributed by atoms with Crippen LogP contribution in [0.5, 0.6) is 0 Å². The molecule has 6 atom stereocenters. The van der Waals surface area contributed by atoms with Crippen LogP contribution >= 0.6 is 22.6 Å². The van der Waals surface area contributed by atoms with E-state index in [0.29, 0.717) is 12.0 Å². The fourth-order valence-corrected chi connectivity index (χ4v) is 6.58. The third-order valence-electron chi connectivity index (χ3n) is 7.36. The maximum atomic E-state index is 13.7. The number of halogens is 1. The minimum atomic E-state index is -2.62. The predicted octanol–water partition coefficient (Wildman–Crippen LogP) is -0.131. The lowest BCUT2D eigenvalue weighted by Crippen LogP contribution is -2.63. The summed E-state index contributed by atoms with van der Waals surface area (Å²) in [6.07, 6.45) is 1.13. The van der Waals surface area contributed by atoms with Gasteiger partial charge in [-0.2, -0.15) is 0 Å². The summed E-state index contributed by atoms with van der Waals surface area (Å²) in [7, 11) is 6.87. The van der Waals surface area contributed by atoms with Crippen molar-refractivity contribution in [2.75, 3.05) is 28.2 Å². The third kappa shape index (κ3) is 3.20. The van der Waals surface area contributed by atoms with Crippen molar-refractivity contribution < 1.29 is 34.8 Å². The molecule has 0 aromatic heterocycles. The minimum absolute atomic E-state index is 0.0770. The highest BCUT2D eigenvalue weighted by molar-refractivity contribution is 14.1. The quantitative estimate of drug-likeness (QED) is 0.172. The summed E-state index contributed by atoms with van der Waals surface area (Å²) in [6, 6.07) is -1.00. The number of nitrogens with two attached hydrogens (primary N) is 1. The number of likely N-dealkylation sites (N-methyl/N-ethyl adjacent to an activating group) is 2. The van der Waals surface area contributed by atoms with Crippen LogP contribution in [-0.4, -0.2) is 97.6 Å². The number of carbonyl (C=O) groups is 3. The first kappa shape index (κ1) is 24.9. The van der Waals surface area contributed by atoms with Crippen molar-refractivity contribution in [3.05, 3.63) is 45.6 Å². The molecule has 0 fully saturated rings. The summed E-state index contributed by atoms with van der Waals surface area (Å²) < 4.78 is -0.396. The molecule has 0 radical (unpaired) electrons. The van der Waals surface area contributed by atoms with Gasteiger partial charge in [0.2, 0.25) is 5.78 Å². The Morgan fingerprint density at radius 3 is 2.32 bits per heavy atom. The number of aliphatic hydroxyl groups is 4. The molecule has 0 aliphatic heterocycles. The van der Waals surface area contributed by atoms with Crippen molar-refractivity contribution in [3.63, 3.8) is 0 Å².